The summed E-state index contributed by atoms with van der Waals surface area (Å²) in [4.78, 5) is 32.4. The van der Waals surface area contributed by atoms with Gasteiger partial charge in [0.1, 0.15) is 0 Å². The van der Waals surface area contributed by atoms with E-state index >= 15 is 0 Å². The second kappa shape index (κ2) is 7.60. The Morgan fingerprint density at radius 2 is 1.90 bits per heavy atom. The Hall–Kier alpha value is -3.72. The molecule has 1 aliphatic heterocycles. The van der Waals surface area contributed by atoms with Gasteiger partial charge in [-0.3, -0.25) is 24.8 Å². The SMILES string of the molecule is Cc1ccc(NC2=N[C@H](c3cc([N+](=O)[O-])ccc3Cl)n3c(nc(C)cc3=O)N2)cc1. The second-order valence-electron chi connectivity index (χ2n) is 6.86. The summed E-state index contributed by atoms with van der Waals surface area (Å²) in [6.07, 6.45) is -0.929. The summed E-state index contributed by atoms with van der Waals surface area (Å²) < 4.78 is 1.32. The number of anilines is 2. The molecule has 0 spiro atoms. The summed E-state index contributed by atoms with van der Waals surface area (Å²) in [6.45, 7) is 3.69. The van der Waals surface area contributed by atoms with Crippen LogP contribution in [0.3, 0.4) is 0 Å². The minimum absolute atomic E-state index is 0.147. The van der Waals surface area contributed by atoms with Crippen molar-refractivity contribution in [3.05, 3.63) is 90.8 Å². The van der Waals surface area contributed by atoms with Crippen LogP contribution < -0.4 is 16.2 Å². The molecule has 10 heteroatoms. The van der Waals surface area contributed by atoms with E-state index in [1.807, 2.05) is 31.2 Å². The molecule has 2 heterocycles. The van der Waals surface area contributed by atoms with E-state index in [-0.39, 0.29) is 22.2 Å². The third kappa shape index (κ3) is 3.74. The maximum Gasteiger partial charge on any atom is 0.269 e. The molecule has 0 fully saturated rings. The van der Waals surface area contributed by atoms with E-state index < -0.39 is 11.1 Å². The van der Waals surface area contributed by atoms with Crippen LogP contribution in [-0.4, -0.2) is 20.4 Å². The van der Waals surface area contributed by atoms with Crippen LogP contribution >= 0.6 is 11.6 Å². The third-order valence-corrected chi connectivity index (χ3v) is 4.93. The summed E-state index contributed by atoms with van der Waals surface area (Å²) in [5.74, 6) is 0.598. The van der Waals surface area contributed by atoms with Crippen LogP contribution in [0.5, 0.6) is 0 Å². The molecule has 152 valence electrons. The standard InChI is InChI=1S/C20H17ClN6O3/c1-11-3-5-13(6-4-11)23-19-24-18(15-10-14(27(29)30)7-8-16(15)21)26-17(28)9-12(2)22-20(26)25-19/h3-10,18H,1-2H3,(H2,22,23,24,25)/t18-/m0/s1. The first-order chi connectivity index (χ1) is 14.3. The molecule has 0 aliphatic carbocycles. The van der Waals surface area contributed by atoms with Crippen LogP contribution in [0.4, 0.5) is 17.3 Å². The van der Waals surface area contributed by atoms with Crippen LogP contribution in [0.2, 0.25) is 5.02 Å². The molecule has 1 atom stereocenters. The zero-order valence-corrected chi connectivity index (χ0v) is 16.8. The average Bonchev–Trinajstić information content (AvgIpc) is 2.69. The lowest BCUT2D eigenvalue weighted by Crippen LogP contribution is -2.37. The van der Waals surface area contributed by atoms with Gasteiger partial charge >= 0.3 is 0 Å². The lowest BCUT2D eigenvalue weighted by atomic mass is 10.1. The molecule has 0 unspecified atom stereocenters. The molecule has 1 aromatic heterocycles. The summed E-state index contributed by atoms with van der Waals surface area (Å²) in [7, 11) is 0. The van der Waals surface area contributed by atoms with Gasteiger partial charge in [-0.25, -0.2) is 9.98 Å². The number of aryl methyl sites for hydroxylation is 2. The van der Waals surface area contributed by atoms with Gasteiger partial charge in [0.25, 0.3) is 11.2 Å². The quantitative estimate of drug-likeness (QED) is 0.487. The van der Waals surface area contributed by atoms with Crippen molar-refractivity contribution in [2.24, 2.45) is 4.99 Å². The molecule has 1 aliphatic rings. The fourth-order valence-electron chi connectivity index (χ4n) is 3.14. The molecule has 0 radical (unpaired) electrons. The topological polar surface area (TPSA) is 114 Å². The largest absolute Gasteiger partial charge is 0.326 e. The van der Waals surface area contributed by atoms with Gasteiger partial charge in [-0.1, -0.05) is 29.3 Å². The molecule has 2 N–H and O–H groups in total. The minimum Gasteiger partial charge on any atom is -0.326 e. The number of rotatable bonds is 3. The zero-order valence-electron chi connectivity index (χ0n) is 16.1. The molecular weight excluding hydrogens is 408 g/mol. The molecular formula is C20H17ClN6O3. The van der Waals surface area contributed by atoms with Gasteiger partial charge < -0.3 is 5.32 Å². The molecule has 2 aromatic carbocycles. The van der Waals surface area contributed by atoms with Crippen LogP contribution in [-0.2, 0) is 0 Å². The monoisotopic (exact) mass is 424 g/mol. The van der Waals surface area contributed by atoms with Crippen molar-refractivity contribution in [3.8, 4) is 0 Å². The third-order valence-electron chi connectivity index (χ3n) is 4.59. The smallest absolute Gasteiger partial charge is 0.269 e. The first-order valence-corrected chi connectivity index (χ1v) is 9.42. The Balaban J connectivity index is 1.85. The number of aromatic nitrogens is 2. The van der Waals surface area contributed by atoms with Crippen molar-refractivity contribution in [3.63, 3.8) is 0 Å². The Morgan fingerprint density at radius 1 is 1.17 bits per heavy atom. The molecule has 0 amide bonds. The molecule has 3 aromatic rings. The minimum atomic E-state index is -0.929. The first kappa shape index (κ1) is 19.6. The number of nitro groups is 1. The van der Waals surface area contributed by atoms with E-state index in [1.165, 1.54) is 28.8 Å². The van der Waals surface area contributed by atoms with Gasteiger partial charge in [-0.15, -0.1) is 0 Å². The van der Waals surface area contributed by atoms with Crippen molar-refractivity contribution >= 4 is 34.9 Å². The number of benzene rings is 2. The average molecular weight is 425 g/mol. The van der Waals surface area contributed by atoms with Crippen molar-refractivity contribution in [2.75, 3.05) is 10.6 Å². The normalized spacial score (nSPS) is 15.0. The summed E-state index contributed by atoms with van der Waals surface area (Å²) in [6, 6.07) is 13.1. The van der Waals surface area contributed by atoms with E-state index in [4.69, 9.17) is 11.6 Å². The fraction of sp³-hybridized carbons (Fsp3) is 0.150. The number of non-ortho nitro benzene ring substituents is 1. The summed E-state index contributed by atoms with van der Waals surface area (Å²) in [5.41, 5.74) is 2.24. The first-order valence-electron chi connectivity index (χ1n) is 9.04. The Kier molecular flexibility index (Phi) is 4.96. The van der Waals surface area contributed by atoms with Gasteiger partial charge in [-0.05, 0) is 32.0 Å². The number of nitro benzene ring substituents is 1. The van der Waals surface area contributed by atoms with E-state index in [0.29, 0.717) is 17.2 Å². The summed E-state index contributed by atoms with van der Waals surface area (Å²) >= 11 is 6.34. The molecule has 0 saturated heterocycles. The molecule has 9 nitrogen and oxygen atoms in total. The number of halogens is 1. The van der Waals surface area contributed by atoms with E-state index in [1.54, 1.807) is 6.92 Å². The highest BCUT2D eigenvalue weighted by atomic mass is 35.5. The Bertz CT molecular complexity index is 1240. The molecule has 30 heavy (non-hydrogen) atoms. The van der Waals surface area contributed by atoms with Gasteiger partial charge in [0, 0.05) is 40.2 Å². The van der Waals surface area contributed by atoms with Crippen molar-refractivity contribution in [2.45, 2.75) is 20.0 Å². The maximum absolute atomic E-state index is 12.7. The van der Waals surface area contributed by atoms with Gasteiger partial charge in [-0.2, -0.15) is 0 Å². The van der Waals surface area contributed by atoms with Gasteiger partial charge in [0.2, 0.25) is 11.9 Å². The maximum atomic E-state index is 12.7. The lowest BCUT2D eigenvalue weighted by Gasteiger charge is -2.27. The predicted octanol–water partition coefficient (Wildman–Crippen LogP) is 3.86. The number of nitrogens with zero attached hydrogens (tertiary/aromatic N) is 4. The van der Waals surface area contributed by atoms with Crippen molar-refractivity contribution < 1.29 is 4.92 Å². The number of hydrogen-bond acceptors (Lipinski definition) is 7. The molecule has 0 bridgehead atoms. The van der Waals surface area contributed by atoms with Crippen molar-refractivity contribution in [1.82, 2.24) is 9.55 Å². The Morgan fingerprint density at radius 3 is 2.60 bits per heavy atom. The fourth-order valence-corrected chi connectivity index (χ4v) is 3.35. The highest BCUT2D eigenvalue weighted by Crippen LogP contribution is 2.33. The Labute approximate surface area is 176 Å². The molecule has 0 saturated carbocycles. The molecule has 4 rings (SSSR count). The number of nitrogens with one attached hydrogen (secondary N) is 2. The van der Waals surface area contributed by atoms with E-state index in [0.717, 1.165) is 11.3 Å². The second-order valence-corrected chi connectivity index (χ2v) is 7.27. The van der Waals surface area contributed by atoms with Crippen LogP contribution in [0.15, 0.2) is 58.3 Å². The van der Waals surface area contributed by atoms with Crippen molar-refractivity contribution in [1.29, 1.82) is 0 Å². The van der Waals surface area contributed by atoms with Gasteiger partial charge in [0.05, 0.1) is 4.92 Å². The highest BCUT2D eigenvalue weighted by Gasteiger charge is 2.28. The lowest BCUT2D eigenvalue weighted by molar-refractivity contribution is -0.384. The van der Waals surface area contributed by atoms with E-state index in [2.05, 4.69) is 20.6 Å². The van der Waals surface area contributed by atoms with Gasteiger partial charge in [0.15, 0.2) is 6.17 Å². The summed E-state index contributed by atoms with van der Waals surface area (Å²) in [5, 5.41) is 17.7. The number of hydrogen-bond donors (Lipinski definition) is 2. The number of fused-ring (bicyclic) bond motifs is 1. The van der Waals surface area contributed by atoms with Crippen LogP contribution in [0, 0.1) is 24.0 Å². The highest BCUT2D eigenvalue weighted by molar-refractivity contribution is 6.31. The van der Waals surface area contributed by atoms with E-state index in [9.17, 15) is 14.9 Å². The van der Waals surface area contributed by atoms with Crippen LogP contribution in [0.1, 0.15) is 23.0 Å². The van der Waals surface area contributed by atoms with Crippen LogP contribution in [0.25, 0.3) is 0 Å². The predicted molar refractivity (Wildman–Crippen MR) is 115 cm³/mol. The zero-order chi connectivity index (χ0) is 21.4. The number of guanidine groups is 1. The number of aliphatic imine (C=N–C) groups is 1.